The summed E-state index contributed by atoms with van der Waals surface area (Å²) >= 11 is 0. The van der Waals surface area contributed by atoms with Crippen LogP contribution >= 0.6 is 0 Å². The zero-order valence-electron chi connectivity index (χ0n) is 17.2. The molecule has 0 aliphatic rings. The summed E-state index contributed by atoms with van der Waals surface area (Å²) in [5.41, 5.74) is 2.68. The highest BCUT2D eigenvalue weighted by molar-refractivity contribution is 5.94. The van der Waals surface area contributed by atoms with Crippen molar-refractivity contribution in [2.24, 2.45) is 0 Å². The van der Waals surface area contributed by atoms with Crippen LogP contribution in [-0.4, -0.2) is 22.8 Å². The quantitative estimate of drug-likeness (QED) is 0.472. The molecule has 0 saturated heterocycles. The van der Waals surface area contributed by atoms with Gasteiger partial charge in [-0.3, -0.25) is 4.79 Å². The number of halogens is 1. The molecule has 1 aromatic heterocycles. The van der Waals surface area contributed by atoms with Gasteiger partial charge < -0.3 is 10.1 Å². The van der Waals surface area contributed by atoms with E-state index in [4.69, 9.17) is 4.74 Å². The Kier molecular flexibility index (Phi) is 5.80. The zero-order valence-corrected chi connectivity index (χ0v) is 17.2. The third-order valence-corrected chi connectivity index (χ3v) is 5.06. The molecule has 1 amide bonds. The Morgan fingerprint density at radius 1 is 1.00 bits per heavy atom. The third kappa shape index (κ3) is 4.33. The molecule has 5 nitrogen and oxygen atoms in total. The van der Waals surface area contributed by atoms with Crippen molar-refractivity contribution in [2.45, 2.75) is 13.0 Å². The lowest BCUT2D eigenvalue weighted by Gasteiger charge is -2.15. The van der Waals surface area contributed by atoms with E-state index in [9.17, 15) is 9.18 Å². The van der Waals surface area contributed by atoms with Crippen LogP contribution in [-0.2, 0) is 0 Å². The predicted octanol–water partition coefficient (Wildman–Crippen LogP) is 5.18. The van der Waals surface area contributed by atoms with Crippen LogP contribution in [0.25, 0.3) is 16.9 Å². The van der Waals surface area contributed by atoms with Gasteiger partial charge in [0, 0.05) is 5.56 Å². The van der Waals surface area contributed by atoms with Crippen molar-refractivity contribution >= 4 is 5.91 Å². The van der Waals surface area contributed by atoms with Crippen LogP contribution in [0.2, 0.25) is 0 Å². The second kappa shape index (κ2) is 8.83. The first-order valence-corrected chi connectivity index (χ1v) is 9.92. The molecule has 3 aromatic carbocycles. The van der Waals surface area contributed by atoms with Gasteiger partial charge in [-0.2, -0.15) is 5.10 Å². The molecule has 0 radical (unpaired) electrons. The maximum absolute atomic E-state index is 14.4. The van der Waals surface area contributed by atoms with Crippen molar-refractivity contribution in [3.05, 3.63) is 102 Å². The molecule has 1 unspecified atom stereocenters. The van der Waals surface area contributed by atoms with Gasteiger partial charge in [-0.25, -0.2) is 9.07 Å². The molecule has 1 heterocycles. The Morgan fingerprint density at radius 2 is 1.68 bits per heavy atom. The summed E-state index contributed by atoms with van der Waals surface area (Å²) < 4.78 is 21.1. The minimum atomic E-state index is -0.397. The van der Waals surface area contributed by atoms with Crippen molar-refractivity contribution in [2.75, 3.05) is 7.11 Å². The zero-order chi connectivity index (χ0) is 21.8. The standard InChI is InChI=1S/C25H22FN3O2/c1-17(18-8-4-3-5-9-18)27-25(30)24-16-23(21-10-6-7-11-22(21)26)28-29(24)19-12-14-20(31-2)15-13-19/h3-17H,1-2H3,(H,27,30). The number of rotatable bonds is 6. The molecular formula is C25H22FN3O2. The summed E-state index contributed by atoms with van der Waals surface area (Å²) in [6.45, 7) is 1.92. The highest BCUT2D eigenvalue weighted by atomic mass is 19.1. The van der Waals surface area contributed by atoms with Gasteiger partial charge in [0.05, 0.1) is 24.5 Å². The van der Waals surface area contributed by atoms with Crippen LogP contribution in [0.1, 0.15) is 29.0 Å². The largest absolute Gasteiger partial charge is 0.497 e. The first-order valence-electron chi connectivity index (χ1n) is 9.92. The van der Waals surface area contributed by atoms with Gasteiger partial charge >= 0.3 is 0 Å². The molecule has 0 aliphatic carbocycles. The minimum absolute atomic E-state index is 0.204. The summed E-state index contributed by atoms with van der Waals surface area (Å²) in [5.74, 6) is -0.0114. The third-order valence-electron chi connectivity index (χ3n) is 5.06. The fraction of sp³-hybridized carbons (Fsp3) is 0.120. The van der Waals surface area contributed by atoms with Crippen LogP contribution in [0.5, 0.6) is 5.75 Å². The minimum Gasteiger partial charge on any atom is -0.497 e. The lowest BCUT2D eigenvalue weighted by Crippen LogP contribution is -2.28. The van der Waals surface area contributed by atoms with Crippen molar-refractivity contribution in [1.29, 1.82) is 0 Å². The van der Waals surface area contributed by atoms with E-state index in [0.29, 0.717) is 28.4 Å². The molecular weight excluding hydrogens is 393 g/mol. The van der Waals surface area contributed by atoms with Gasteiger partial charge in [-0.1, -0.05) is 42.5 Å². The van der Waals surface area contributed by atoms with Crippen molar-refractivity contribution in [3.8, 4) is 22.7 Å². The summed E-state index contributed by atoms with van der Waals surface area (Å²) in [4.78, 5) is 13.2. The number of nitrogens with one attached hydrogen (secondary N) is 1. The van der Waals surface area contributed by atoms with E-state index in [1.807, 2.05) is 37.3 Å². The first kappa shape index (κ1) is 20.3. The Hall–Kier alpha value is -3.93. The average Bonchev–Trinajstić information content (AvgIpc) is 3.25. The van der Waals surface area contributed by atoms with Gasteiger partial charge in [0.25, 0.3) is 5.91 Å². The SMILES string of the molecule is COc1ccc(-n2nc(-c3ccccc3F)cc2C(=O)NC(C)c2ccccc2)cc1. The number of aromatic nitrogens is 2. The van der Waals surface area contributed by atoms with Crippen molar-refractivity contribution in [1.82, 2.24) is 15.1 Å². The molecule has 0 fully saturated rings. The lowest BCUT2D eigenvalue weighted by atomic mass is 10.1. The highest BCUT2D eigenvalue weighted by Gasteiger charge is 2.21. The number of hydrogen-bond donors (Lipinski definition) is 1. The number of benzene rings is 3. The van der Waals surface area contributed by atoms with Crippen LogP contribution in [0.4, 0.5) is 4.39 Å². The first-order chi connectivity index (χ1) is 15.1. The number of carbonyl (C=O) groups excluding carboxylic acids is 1. The van der Waals surface area contributed by atoms with Crippen LogP contribution in [0.3, 0.4) is 0 Å². The Balaban J connectivity index is 1.73. The van der Waals surface area contributed by atoms with E-state index in [-0.39, 0.29) is 11.9 Å². The maximum atomic E-state index is 14.4. The van der Waals surface area contributed by atoms with Crippen LogP contribution < -0.4 is 10.1 Å². The maximum Gasteiger partial charge on any atom is 0.270 e. The Labute approximate surface area is 180 Å². The smallest absolute Gasteiger partial charge is 0.270 e. The molecule has 1 atom stereocenters. The molecule has 0 bridgehead atoms. The number of ether oxygens (including phenoxy) is 1. The van der Waals surface area contributed by atoms with E-state index in [0.717, 1.165) is 5.56 Å². The predicted molar refractivity (Wildman–Crippen MR) is 118 cm³/mol. The van der Waals surface area contributed by atoms with Gasteiger partial charge in [0.1, 0.15) is 17.3 Å². The summed E-state index contributed by atoms with van der Waals surface area (Å²) in [5, 5.41) is 7.55. The average molecular weight is 415 g/mol. The molecule has 0 saturated carbocycles. The number of carbonyl (C=O) groups is 1. The molecule has 0 spiro atoms. The van der Waals surface area contributed by atoms with E-state index in [2.05, 4.69) is 10.4 Å². The Morgan fingerprint density at radius 3 is 2.35 bits per heavy atom. The van der Waals surface area contributed by atoms with Gasteiger partial charge in [0.2, 0.25) is 0 Å². The molecule has 4 rings (SSSR count). The summed E-state index contributed by atoms with van der Waals surface area (Å²) in [6.07, 6.45) is 0. The topological polar surface area (TPSA) is 56.2 Å². The van der Waals surface area contributed by atoms with Crippen molar-refractivity contribution < 1.29 is 13.9 Å². The lowest BCUT2D eigenvalue weighted by molar-refractivity contribution is 0.0932. The molecule has 0 aliphatic heterocycles. The molecule has 6 heteroatoms. The number of nitrogens with zero attached hydrogens (tertiary/aromatic N) is 2. The fourth-order valence-corrected chi connectivity index (χ4v) is 3.36. The molecule has 1 N–H and O–H groups in total. The highest BCUT2D eigenvalue weighted by Crippen LogP contribution is 2.25. The van der Waals surface area contributed by atoms with Crippen LogP contribution in [0, 0.1) is 5.82 Å². The van der Waals surface area contributed by atoms with Gasteiger partial charge in [-0.15, -0.1) is 0 Å². The van der Waals surface area contributed by atoms with Crippen molar-refractivity contribution in [3.63, 3.8) is 0 Å². The second-order valence-electron chi connectivity index (χ2n) is 7.11. The van der Waals surface area contributed by atoms with E-state index < -0.39 is 5.82 Å². The fourth-order valence-electron chi connectivity index (χ4n) is 3.36. The summed E-state index contributed by atoms with van der Waals surface area (Å²) in [7, 11) is 1.59. The van der Waals surface area contributed by atoms with E-state index in [1.165, 1.54) is 10.7 Å². The summed E-state index contributed by atoms with van der Waals surface area (Å²) in [6, 6.07) is 24.6. The molecule has 4 aromatic rings. The molecule has 156 valence electrons. The second-order valence-corrected chi connectivity index (χ2v) is 7.11. The van der Waals surface area contributed by atoms with E-state index >= 15 is 0 Å². The monoisotopic (exact) mass is 415 g/mol. The number of methoxy groups -OCH3 is 1. The van der Waals surface area contributed by atoms with Gasteiger partial charge in [-0.05, 0) is 55.0 Å². The van der Waals surface area contributed by atoms with E-state index in [1.54, 1.807) is 55.6 Å². The number of hydrogen-bond acceptors (Lipinski definition) is 3. The normalized spacial score (nSPS) is 11.7. The molecule has 31 heavy (non-hydrogen) atoms. The van der Waals surface area contributed by atoms with Crippen LogP contribution in [0.15, 0.2) is 84.9 Å². The number of amides is 1. The van der Waals surface area contributed by atoms with Gasteiger partial charge in [0.15, 0.2) is 0 Å². The Bertz CT molecular complexity index is 1190.